The first-order valence-electron chi connectivity index (χ1n) is 11.4. The number of ether oxygens (including phenoxy) is 2. The molecule has 2 aliphatic heterocycles. The standard InChI is InChI=1S/C22H36N4O4/c1-2-3-4-15-30-22(28)18-26-12-9-23-20(26)5-6-21(27)25-10-7-19(8-11-25)24-13-16-29-17-14-24/h9,12,19H,2-8,10-11,13-18H2,1H3. The number of nitrogens with zero attached hydrogens (tertiary/aromatic N) is 4. The van der Waals surface area contributed by atoms with Gasteiger partial charge in [0.15, 0.2) is 0 Å². The maximum atomic E-state index is 12.7. The normalized spacial score (nSPS) is 18.5. The Morgan fingerprint density at radius 1 is 1.17 bits per heavy atom. The second-order valence-corrected chi connectivity index (χ2v) is 8.16. The highest BCUT2D eigenvalue weighted by atomic mass is 16.5. The van der Waals surface area contributed by atoms with Crippen LogP contribution in [-0.2, 0) is 32.0 Å². The van der Waals surface area contributed by atoms with Gasteiger partial charge in [-0.2, -0.15) is 0 Å². The van der Waals surface area contributed by atoms with Crippen LogP contribution in [0.5, 0.6) is 0 Å². The van der Waals surface area contributed by atoms with Crippen molar-refractivity contribution in [2.45, 2.75) is 64.5 Å². The predicted molar refractivity (Wildman–Crippen MR) is 113 cm³/mol. The molecule has 1 aromatic rings. The summed E-state index contributed by atoms with van der Waals surface area (Å²) in [5.74, 6) is 0.686. The maximum Gasteiger partial charge on any atom is 0.325 e. The fourth-order valence-electron chi connectivity index (χ4n) is 4.23. The van der Waals surface area contributed by atoms with E-state index in [0.29, 0.717) is 25.5 Å². The van der Waals surface area contributed by atoms with Gasteiger partial charge in [0.25, 0.3) is 0 Å². The van der Waals surface area contributed by atoms with E-state index in [4.69, 9.17) is 9.47 Å². The number of morpholine rings is 1. The third kappa shape index (κ3) is 6.80. The number of likely N-dealkylation sites (tertiary alicyclic amines) is 1. The van der Waals surface area contributed by atoms with Gasteiger partial charge in [0, 0.05) is 57.5 Å². The average molecular weight is 421 g/mol. The Morgan fingerprint density at radius 3 is 2.67 bits per heavy atom. The fraction of sp³-hybridized carbons (Fsp3) is 0.773. The minimum absolute atomic E-state index is 0.153. The van der Waals surface area contributed by atoms with Crippen LogP contribution in [0.15, 0.2) is 12.4 Å². The molecule has 3 heterocycles. The van der Waals surface area contributed by atoms with E-state index in [-0.39, 0.29) is 18.4 Å². The summed E-state index contributed by atoms with van der Waals surface area (Å²) < 4.78 is 12.5. The van der Waals surface area contributed by atoms with Crippen molar-refractivity contribution in [3.63, 3.8) is 0 Å². The van der Waals surface area contributed by atoms with Gasteiger partial charge in [-0.15, -0.1) is 0 Å². The number of carbonyl (C=O) groups is 2. The number of esters is 1. The maximum absolute atomic E-state index is 12.7. The van der Waals surface area contributed by atoms with E-state index in [0.717, 1.165) is 77.3 Å². The van der Waals surface area contributed by atoms with Gasteiger partial charge >= 0.3 is 5.97 Å². The zero-order valence-corrected chi connectivity index (χ0v) is 18.3. The minimum Gasteiger partial charge on any atom is -0.464 e. The Balaban J connectivity index is 1.38. The summed E-state index contributed by atoms with van der Waals surface area (Å²) in [5, 5.41) is 0. The summed E-state index contributed by atoms with van der Waals surface area (Å²) >= 11 is 0. The number of imidazole rings is 1. The number of rotatable bonds is 10. The second kappa shape index (κ2) is 12.1. The van der Waals surface area contributed by atoms with Crippen LogP contribution >= 0.6 is 0 Å². The molecule has 0 radical (unpaired) electrons. The molecule has 0 N–H and O–H groups in total. The smallest absolute Gasteiger partial charge is 0.325 e. The van der Waals surface area contributed by atoms with Crippen LogP contribution in [0.25, 0.3) is 0 Å². The molecule has 0 unspecified atom stereocenters. The summed E-state index contributed by atoms with van der Waals surface area (Å²) in [4.78, 5) is 33.5. The first kappa shape index (κ1) is 22.7. The van der Waals surface area contributed by atoms with E-state index in [2.05, 4.69) is 16.8 Å². The van der Waals surface area contributed by atoms with Crippen molar-refractivity contribution in [2.75, 3.05) is 46.0 Å². The van der Waals surface area contributed by atoms with Crippen molar-refractivity contribution in [1.82, 2.24) is 19.4 Å². The van der Waals surface area contributed by atoms with Crippen molar-refractivity contribution in [3.05, 3.63) is 18.2 Å². The molecule has 1 aromatic heterocycles. The fourth-order valence-corrected chi connectivity index (χ4v) is 4.23. The van der Waals surface area contributed by atoms with E-state index >= 15 is 0 Å². The molecular formula is C22H36N4O4. The molecule has 0 saturated carbocycles. The molecule has 0 atom stereocenters. The van der Waals surface area contributed by atoms with Crippen molar-refractivity contribution in [2.24, 2.45) is 0 Å². The lowest BCUT2D eigenvalue weighted by molar-refractivity contribution is -0.144. The summed E-state index contributed by atoms with van der Waals surface area (Å²) in [7, 11) is 0. The molecule has 8 nitrogen and oxygen atoms in total. The second-order valence-electron chi connectivity index (χ2n) is 8.16. The zero-order valence-electron chi connectivity index (χ0n) is 18.3. The van der Waals surface area contributed by atoms with Crippen LogP contribution < -0.4 is 0 Å². The Morgan fingerprint density at radius 2 is 1.93 bits per heavy atom. The van der Waals surface area contributed by atoms with Crippen molar-refractivity contribution >= 4 is 11.9 Å². The topological polar surface area (TPSA) is 76.9 Å². The Kier molecular flexibility index (Phi) is 9.14. The zero-order chi connectivity index (χ0) is 21.2. The Bertz CT molecular complexity index is 664. The van der Waals surface area contributed by atoms with Crippen molar-refractivity contribution in [1.29, 1.82) is 0 Å². The highest BCUT2D eigenvalue weighted by Crippen LogP contribution is 2.18. The summed E-state index contributed by atoms with van der Waals surface area (Å²) in [6.45, 7) is 8.02. The minimum atomic E-state index is -0.248. The van der Waals surface area contributed by atoms with Crippen molar-refractivity contribution in [3.8, 4) is 0 Å². The lowest BCUT2D eigenvalue weighted by Gasteiger charge is -2.40. The molecule has 2 aliphatic rings. The molecule has 1 amide bonds. The van der Waals surface area contributed by atoms with E-state index in [1.165, 1.54) is 0 Å². The number of amides is 1. The lowest BCUT2D eigenvalue weighted by Crippen LogP contribution is -2.50. The lowest BCUT2D eigenvalue weighted by atomic mass is 10.0. The van der Waals surface area contributed by atoms with E-state index in [9.17, 15) is 9.59 Å². The molecule has 0 aromatic carbocycles. The first-order valence-corrected chi connectivity index (χ1v) is 11.4. The highest BCUT2D eigenvalue weighted by molar-refractivity contribution is 5.76. The molecule has 3 rings (SSSR count). The summed E-state index contributed by atoms with van der Waals surface area (Å²) in [6, 6.07) is 0.570. The molecule has 8 heteroatoms. The van der Waals surface area contributed by atoms with Crippen LogP contribution in [0.2, 0.25) is 0 Å². The van der Waals surface area contributed by atoms with Crippen LogP contribution in [0.4, 0.5) is 0 Å². The van der Waals surface area contributed by atoms with Gasteiger partial charge in [-0.3, -0.25) is 14.5 Å². The Labute approximate surface area is 179 Å². The molecule has 0 spiro atoms. The largest absolute Gasteiger partial charge is 0.464 e. The SMILES string of the molecule is CCCCCOC(=O)Cn1ccnc1CCC(=O)N1CCC(N2CCOCC2)CC1. The predicted octanol–water partition coefficient (Wildman–Crippen LogP) is 1.87. The van der Waals surface area contributed by atoms with Gasteiger partial charge in [-0.25, -0.2) is 4.98 Å². The first-order chi connectivity index (χ1) is 14.7. The average Bonchev–Trinajstić information content (AvgIpc) is 3.22. The number of piperidine rings is 1. The van der Waals surface area contributed by atoms with E-state index < -0.39 is 0 Å². The number of aromatic nitrogens is 2. The van der Waals surface area contributed by atoms with Gasteiger partial charge in [-0.1, -0.05) is 19.8 Å². The molecule has 30 heavy (non-hydrogen) atoms. The van der Waals surface area contributed by atoms with Crippen LogP contribution in [0.3, 0.4) is 0 Å². The Hall–Kier alpha value is -1.93. The van der Waals surface area contributed by atoms with Crippen LogP contribution in [-0.4, -0.2) is 83.3 Å². The van der Waals surface area contributed by atoms with Crippen LogP contribution in [0, 0.1) is 0 Å². The van der Waals surface area contributed by atoms with E-state index in [1.54, 1.807) is 17.0 Å². The summed E-state index contributed by atoms with van der Waals surface area (Å²) in [6.07, 6.45) is 9.55. The monoisotopic (exact) mass is 420 g/mol. The number of carbonyl (C=O) groups excluding carboxylic acids is 2. The number of hydrogen-bond acceptors (Lipinski definition) is 6. The molecule has 2 saturated heterocycles. The van der Waals surface area contributed by atoms with Gasteiger partial charge in [-0.05, 0) is 19.3 Å². The van der Waals surface area contributed by atoms with Gasteiger partial charge in [0.1, 0.15) is 12.4 Å². The molecular weight excluding hydrogens is 384 g/mol. The number of unbranched alkanes of at least 4 members (excludes halogenated alkanes) is 2. The third-order valence-corrected chi connectivity index (χ3v) is 6.05. The summed E-state index contributed by atoms with van der Waals surface area (Å²) in [5.41, 5.74) is 0. The third-order valence-electron chi connectivity index (χ3n) is 6.05. The number of aryl methyl sites for hydroxylation is 1. The molecule has 168 valence electrons. The molecule has 2 fully saturated rings. The highest BCUT2D eigenvalue weighted by Gasteiger charge is 2.27. The quantitative estimate of drug-likeness (QED) is 0.425. The molecule has 0 bridgehead atoms. The molecule has 0 aliphatic carbocycles. The van der Waals surface area contributed by atoms with E-state index in [1.807, 2.05) is 4.90 Å². The van der Waals surface area contributed by atoms with Crippen LogP contribution in [0.1, 0.15) is 51.3 Å². The number of hydrogen-bond donors (Lipinski definition) is 0. The van der Waals surface area contributed by atoms with Gasteiger partial charge in [0.05, 0.1) is 19.8 Å². The van der Waals surface area contributed by atoms with Crippen molar-refractivity contribution < 1.29 is 19.1 Å². The van der Waals surface area contributed by atoms with Gasteiger partial charge in [0.2, 0.25) is 5.91 Å². The van der Waals surface area contributed by atoms with Gasteiger partial charge < -0.3 is 18.9 Å².